The van der Waals surface area contributed by atoms with Crippen molar-refractivity contribution in [1.29, 1.82) is 0 Å². The van der Waals surface area contributed by atoms with Crippen molar-refractivity contribution in [2.45, 2.75) is 38.3 Å². The Morgan fingerprint density at radius 3 is 2.58 bits per heavy atom. The van der Waals surface area contributed by atoms with Crippen LogP contribution in [0, 0.1) is 0 Å². The zero-order valence-electron chi connectivity index (χ0n) is 10.9. The van der Waals surface area contributed by atoms with Gasteiger partial charge in [0.1, 0.15) is 5.75 Å². The third-order valence-electron chi connectivity index (χ3n) is 3.13. The number of carbonyl (C=O) groups is 1. The van der Waals surface area contributed by atoms with Crippen molar-refractivity contribution in [3.8, 4) is 5.75 Å². The highest BCUT2D eigenvalue weighted by atomic mass is 16.7. The van der Waals surface area contributed by atoms with E-state index in [2.05, 4.69) is 5.48 Å². The molecule has 0 heterocycles. The Morgan fingerprint density at radius 1 is 1.26 bits per heavy atom. The average Bonchev–Trinajstić information content (AvgIpc) is 2.91. The SMILES string of the molecule is NC(=O)COc1ccc(CNOC2CCCC2)cc1. The molecule has 0 bridgehead atoms. The molecule has 5 heteroatoms. The van der Waals surface area contributed by atoms with Gasteiger partial charge in [0, 0.05) is 6.54 Å². The van der Waals surface area contributed by atoms with Gasteiger partial charge in [-0.15, -0.1) is 0 Å². The quantitative estimate of drug-likeness (QED) is 0.732. The summed E-state index contributed by atoms with van der Waals surface area (Å²) in [6.45, 7) is 0.564. The Hall–Kier alpha value is -1.59. The molecule has 1 fully saturated rings. The maximum absolute atomic E-state index is 10.6. The number of hydrogen-bond donors (Lipinski definition) is 2. The van der Waals surface area contributed by atoms with Crippen LogP contribution in [0.1, 0.15) is 31.2 Å². The second kappa shape index (κ2) is 7.11. The van der Waals surface area contributed by atoms with Gasteiger partial charge in [-0.2, -0.15) is 5.48 Å². The van der Waals surface area contributed by atoms with E-state index in [0.717, 1.165) is 18.4 Å². The van der Waals surface area contributed by atoms with Gasteiger partial charge in [-0.3, -0.25) is 9.63 Å². The second-order valence-electron chi connectivity index (χ2n) is 4.74. The van der Waals surface area contributed by atoms with Gasteiger partial charge in [-0.1, -0.05) is 25.0 Å². The molecule has 0 saturated heterocycles. The van der Waals surface area contributed by atoms with Crippen LogP contribution in [0.3, 0.4) is 0 Å². The van der Waals surface area contributed by atoms with Crippen molar-refractivity contribution >= 4 is 5.91 Å². The summed E-state index contributed by atoms with van der Waals surface area (Å²) in [5, 5.41) is 0. The molecule has 0 unspecified atom stereocenters. The van der Waals surface area contributed by atoms with Gasteiger partial charge in [-0.05, 0) is 30.5 Å². The number of hydroxylamine groups is 1. The highest BCUT2D eigenvalue weighted by Gasteiger charge is 2.15. The van der Waals surface area contributed by atoms with E-state index < -0.39 is 5.91 Å². The van der Waals surface area contributed by atoms with Crippen LogP contribution in [0.15, 0.2) is 24.3 Å². The van der Waals surface area contributed by atoms with Gasteiger partial charge < -0.3 is 10.5 Å². The van der Waals surface area contributed by atoms with Crippen molar-refractivity contribution in [2.75, 3.05) is 6.61 Å². The van der Waals surface area contributed by atoms with Crippen LogP contribution in [0.25, 0.3) is 0 Å². The number of amides is 1. The Labute approximate surface area is 113 Å². The summed E-state index contributed by atoms with van der Waals surface area (Å²) in [4.78, 5) is 16.2. The van der Waals surface area contributed by atoms with Gasteiger partial charge >= 0.3 is 0 Å². The molecule has 0 aliphatic heterocycles. The van der Waals surface area contributed by atoms with Crippen molar-refractivity contribution in [1.82, 2.24) is 5.48 Å². The van der Waals surface area contributed by atoms with Gasteiger partial charge in [0.2, 0.25) is 0 Å². The second-order valence-corrected chi connectivity index (χ2v) is 4.74. The summed E-state index contributed by atoms with van der Waals surface area (Å²) in [5.41, 5.74) is 9.10. The smallest absolute Gasteiger partial charge is 0.255 e. The predicted octanol–water partition coefficient (Wildman–Crippen LogP) is 1.51. The van der Waals surface area contributed by atoms with E-state index >= 15 is 0 Å². The number of nitrogens with two attached hydrogens (primary N) is 1. The van der Waals surface area contributed by atoms with E-state index in [1.807, 2.05) is 24.3 Å². The van der Waals surface area contributed by atoms with E-state index in [4.69, 9.17) is 15.3 Å². The standard InChI is InChI=1S/C14H20N2O3/c15-14(17)10-18-12-7-5-11(6-8-12)9-16-19-13-3-1-2-4-13/h5-8,13,16H,1-4,9-10H2,(H2,15,17). The molecule has 3 N–H and O–H groups in total. The lowest BCUT2D eigenvalue weighted by atomic mass is 10.2. The molecular weight excluding hydrogens is 244 g/mol. The molecule has 1 saturated carbocycles. The molecule has 1 aromatic carbocycles. The molecular formula is C14H20N2O3. The first-order valence-corrected chi connectivity index (χ1v) is 6.62. The maximum atomic E-state index is 10.6. The van der Waals surface area contributed by atoms with Crippen LogP contribution >= 0.6 is 0 Å². The first-order valence-electron chi connectivity index (χ1n) is 6.62. The third kappa shape index (κ3) is 4.89. The molecule has 19 heavy (non-hydrogen) atoms. The van der Waals surface area contributed by atoms with Crippen LogP contribution in [0.2, 0.25) is 0 Å². The normalized spacial score (nSPS) is 15.6. The van der Waals surface area contributed by atoms with Crippen LogP contribution < -0.4 is 16.0 Å². The minimum Gasteiger partial charge on any atom is -0.484 e. The summed E-state index contributed by atoms with van der Waals surface area (Å²) < 4.78 is 5.18. The van der Waals surface area contributed by atoms with Crippen LogP contribution in [-0.4, -0.2) is 18.6 Å². The fourth-order valence-electron chi connectivity index (χ4n) is 2.11. The number of benzene rings is 1. The first-order chi connectivity index (χ1) is 9.24. The summed E-state index contributed by atoms with van der Waals surface area (Å²) in [5.74, 6) is 0.162. The van der Waals surface area contributed by atoms with E-state index in [0.29, 0.717) is 18.4 Å². The van der Waals surface area contributed by atoms with Crippen molar-refractivity contribution in [2.24, 2.45) is 5.73 Å². The molecule has 0 aromatic heterocycles. The molecule has 1 amide bonds. The number of hydrogen-bond acceptors (Lipinski definition) is 4. The fraction of sp³-hybridized carbons (Fsp3) is 0.500. The molecule has 2 rings (SSSR count). The molecule has 1 aromatic rings. The molecule has 1 aliphatic rings. The number of carbonyl (C=O) groups excluding carboxylic acids is 1. The Morgan fingerprint density at radius 2 is 1.95 bits per heavy atom. The van der Waals surface area contributed by atoms with Crippen molar-refractivity contribution in [3.05, 3.63) is 29.8 Å². The Kier molecular flexibility index (Phi) is 5.18. The number of nitrogens with one attached hydrogen (secondary N) is 1. The zero-order chi connectivity index (χ0) is 13.5. The molecule has 0 spiro atoms. The maximum Gasteiger partial charge on any atom is 0.255 e. The van der Waals surface area contributed by atoms with Gasteiger partial charge in [0.25, 0.3) is 5.91 Å². The zero-order valence-corrected chi connectivity index (χ0v) is 10.9. The van der Waals surface area contributed by atoms with Crippen molar-refractivity contribution < 1.29 is 14.4 Å². The minimum absolute atomic E-state index is 0.0949. The lowest BCUT2D eigenvalue weighted by Gasteiger charge is -2.11. The highest BCUT2D eigenvalue weighted by molar-refractivity contribution is 5.75. The van der Waals surface area contributed by atoms with E-state index in [1.165, 1.54) is 12.8 Å². The molecule has 1 aliphatic carbocycles. The third-order valence-corrected chi connectivity index (χ3v) is 3.13. The first kappa shape index (κ1) is 13.8. The topological polar surface area (TPSA) is 73.6 Å². The van der Waals surface area contributed by atoms with Crippen molar-refractivity contribution in [3.63, 3.8) is 0 Å². The van der Waals surface area contributed by atoms with Crippen LogP contribution in [0.5, 0.6) is 5.75 Å². The fourth-order valence-corrected chi connectivity index (χ4v) is 2.11. The van der Waals surface area contributed by atoms with Crippen LogP contribution in [0.4, 0.5) is 0 Å². The highest BCUT2D eigenvalue weighted by Crippen LogP contribution is 2.20. The molecule has 5 nitrogen and oxygen atoms in total. The molecule has 0 radical (unpaired) electrons. The van der Waals surface area contributed by atoms with E-state index in [9.17, 15) is 4.79 Å². The average molecular weight is 264 g/mol. The van der Waals surface area contributed by atoms with Crippen LogP contribution in [-0.2, 0) is 16.2 Å². The summed E-state index contributed by atoms with van der Waals surface area (Å²) >= 11 is 0. The summed E-state index contributed by atoms with van der Waals surface area (Å²) in [6.07, 6.45) is 5.18. The summed E-state index contributed by atoms with van der Waals surface area (Å²) in [6, 6.07) is 7.49. The van der Waals surface area contributed by atoms with Gasteiger partial charge in [-0.25, -0.2) is 0 Å². The lowest BCUT2D eigenvalue weighted by molar-refractivity contribution is -0.119. The minimum atomic E-state index is -0.476. The van der Waals surface area contributed by atoms with E-state index in [-0.39, 0.29) is 6.61 Å². The lowest BCUT2D eigenvalue weighted by Crippen LogP contribution is -2.21. The number of primary amides is 1. The Bertz CT molecular complexity index is 400. The predicted molar refractivity (Wildman–Crippen MR) is 71.3 cm³/mol. The number of rotatable bonds is 7. The summed E-state index contributed by atoms with van der Waals surface area (Å²) in [7, 11) is 0. The van der Waals surface area contributed by atoms with Gasteiger partial charge in [0.05, 0.1) is 6.10 Å². The molecule has 0 atom stereocenters. The van der Waals surface area contributed by atoms with Gasteiger partial charge in [0.15, 0.2) is 6.61 Å². The van der Waals surface area contributed by atoms with E-state index in [1.54, 1.807) is 0 Å². The monoisotopic (exact) mass is 264 g/mol. The molecule has 104 valence electrons. The Balaban J connectivity index is 1.70. The number of ether oxygens (including phenoxy) is 1. The largest absolute Gasteiger partial charge is 0.484 e.